The van der Waals surface area contributed by atoms with Crippen LogP contribution < -0.4 is 5.32 Å². The third-order valence-corrected chi connectivity index (χ3v) is 3.18. The Hall–Kier alpha value is -0.390. The number of aromatic nitrogens is 2. The smallest absolute Gasteiger partial charge is 0.224 e. The molecule has 82 valence electrons. The lowest BCUT2D eigenvalue weighted by molar-refractivity contribution is 0.121. The molecule has 0 bridgehead atoms. The molecule has 2 atom stereocenters. The van der Waals surface area contributed by atoms with Crippen LogP contribution in [0.15, 0.2) is 10.7 Å². The molecule has 6 heteroatoms. The van der Waals surface area contributed by atoms with Gasteiger partial charge in [-0.15, -0.1) is 0 Å². The van der Waals surface area contributed by atoms with Crippen molar-refractivity contribution in [3.05, 3.63) is 16.0 Å². The Morgan fingerprint density at radius 3 is 3.13 bits per heavy atom. The van der Waals surface area contributed by atoms with E-state index in [1.165, 1.54) is 0 Å². The van der Waals surface area contributed by atoms with E-state index in [0.717, 1.165) is 23.3 Å². The van der Waals surface area contributed by atoms with E-state index in [0.29, 0.717) is 0 Å². The first-order valence-electron chi connectivity index (χ1n) is 4.73. The molecule has 2 rings (SSSR count). The maximum atomic E-state index is 5.72. The molecule has 0 aliphatic carbocycles. The van der Waals surface area contributed by atoms with Crippen molar-refractivity contribution in [2.45, 2.75) is 25.5 Å². The summed E-state index contributed by atoms with van der Waals surface area (Å²) in [5.74, 6) is 0.720. The third kappa shape index (κ3) is 2.59. The Morgan fingerprint density at radius 2 is 2.47 bits per heavy atom. The van der Waals surface area contributed by atoms with E-state index in [9.17, 15) is 0 Å². The van der Waals surface area contributed by atoms with Crippen molar-refractivity contribution in [3.63, 3.8) is 0 Å². The summed E-state index contributed by atoms with van der Waals surface area (Å²) in [6.45, 7) is 2.83. The van der Waals surface area contributed by atoms with Crippen LogP contribution in [0, 0.1) is 0 Å². The standard InChI is InChI=1S/C9H11BrClN3O/c1-5-7(2-3-15-5)13-8-6(10)4-12-9(11)14-8/h4-5,7H,2-3H2,1H3,(H,12,13,14). The van der Waals surface area contributed by atoms with Crippen LogP contribution >= 0.6 is 27.5 Å². The Kier molecular flexibility index (Phi) is 3.43. The molecule has 2 heterocycles. The van der Waals surface area contributed by atoms with Crippen molar-refractivity contribution >= 4 is 33.3 Å². The van der Waals surface area contributed by atoms with E-state index in [2.05, 4.69) is 31.2 Å². The molecule has 1 N–H and O–H groups in total. The largest absolute Gasteiger partial charge is 0.376 e. The van der Waals surface area contributed by atoms with E-state index in [1.807, 2.05) is 6.92 Å². The summed E-state index contributed by atoms with van der Waals surface area (Å²) in [5, 5.41) is 3.54. The highest BCUT2D eigenvalue weighted by Crippen LogP contribution is 2.24. The number of hydrogen-bond donors (Lipinski definition) is 1. The van der Waals surface area contributed by atoms with Gasteiger partial charge in [0.25, 0.3) is 0 Å². The van der Waals surface area contributed by atoms with Crippen molar-refractivity contribution in [1.82, 2.24) is 9.97 Å². The second-order valence-electron chi connectivity index (χ2n) is 3.45. The van der Waals surface area contributed by atoms with E-state index >= 15 is 0 Å². The minimum Gasteiger partial charge on any atom is -0.376 e. The van der Waals surface area contributed by atoms with Gasteiger partial charge < -0.3 is 10.1 Å². The zero-order valence-electron chi connectivity index (χ0n) is 8.20. The van der Waals surface area contributed by atoms with E-state index < -0.39 is 0 Å². The lowest BCUT2D eigenvalue weighted by Crippen LogP contribution is -2.27. The van der Waals surface area contributed by atoms with Crippen molar-refractivity contribution < 1.29 is 4.74 Å². The second kappa shape index (κ2) is 4.63. The third-order valence-electron chi connectivity index (χ3n) is 2.41. The van der Waals surface area contributed by atoms with Crippen LogP contribution in [0.1, 0.15) is 13.3 Å². The maximum absolute atomic E-state index is 5.72. The summed E-state index contributed by atoms with van der Waals surface area (Å²) < 4.78 is 6.26. The first kappa shape index (κ1) is 11.1. The molecule has 1 aliphatic rings. The predicted molar refractivity (Wildman–Crippen MR) is 62.2 cm³/mol. The van der Waals surface area contributed by atoms with Crippen molar-refractivity contribution in [1.29, 1.82) is 0 Å². The Bertz CT molecular complexity index is 363. The lowest BCUT2D eigenvalue weighted by atomic mass is 10.1. The van der Waals surface area contributed by atoms with Crippen LogP contribution in [0.4, 0.5) is 5.82 Å². The molecule has 1 fully saturated rings. The fourth-order valence-electron chi connectivity index (χ4n) is 1.54. The molecular weight excluding hydrogens is 281 g/mol. The highest BCUT2D eigenvalue weighted by atomic mass is 79.9. The SMILES string of the molecule is CC1OCCC1Nc1nc(Cl)ncc1Br. The molecule has 1 saturated heterocycles. The zero-order valence-corrected chi connectivity index (χ0v) is 10.5. The fourth-order valence-corrected chi connectivity index (χ4v) is 1.98. The van der Waals surface area contributed by atoms with Gasteiger partial charge in [-0.3, -0.25) is 0 Å². The minimum absolute atomic E-state index is 0.200. The molecule has 1 aliphatic heterocycles. The Morgan fingerprint density at radius 1 is 1.67 bits per heavy atom. The molecule has 2 unspecified atom stereocenters. The van der Waals surface area contributed by atoms with Crippen molar-refractivity contribution in [2.24, 2.45) is 0 Å². The van der Waals surface area contributed by atoms with E-state index in [-0.39, 0.29) is 17.4 Å². The average Bonchev–Trinajstić information content (AvgIpc) is 2.58. The molecular formula is C9H11BrClN3O. The van der Waals surface area contributed by atoms with Gasteiger partial charge in [-0.05, 0) is 40.9 Å². The van der Waals surface area contributed by atoms with Crippen LogP contribution in [0.5, 0.6) is 0 Å². The lowest BCUT2D eigenvalue weighted by Gasteiger charge is -2.17. The van der Waals surface area contributed by atoms with Crippen LogP contribution in [0.3, 0.4) is 0 Å². The summed E-state index contributed by atoms with van der Waals surface area (Å²) in [7, 11) is 0. The Balaban J connectivity index is 2.12. The summed E-state index contributed by atoms with van der Waals surface area (Å²) >= 11 is 9.10. The van der Waals surface area contributed by atoms with Crippen molar-refractivity contribution in [2.75, 3.05) is 11.9 Å². The van der Waals surface area contributed by atoms with Crippen LogP contribution in [-0.2, 0) is 4.74 Å². The van der Waals surface area contributed by atoms with Gasteiger partial charge in [0.2, 0.25) is 5.28 Å². The van der Waals surface area contributed by atoms with Gasteiger partial charge in [0.15, 0.2) is 0 Å². The zero-order chi connectivity index (χ0) is 10.8. The summed E-state index contributed by atoms with van der Waals surface area (Å²) in [5.41, 5.74) is 0. The molecule has 0 spiro atoms. The molecule has 0 amide bonds. The fraction of sp³-hybridized carbons (Fsp3) is 0.556. The Labute approximate surface area is 102 Å². The van der Waals surface area contributed by atoms with Gasteiger partial charge in [0, 0.05) is 12.8 Å². The van der Waals surface area contributed by atoms with Crippen LogP contribution in [0.2, 0.25) is 5.28 Å². The molecule has 0 saturated carbocycles. The summed E-state index contributed by atoms with van der Waals surface area (Å²) in [4.78, 5) is 7.98. The van der Waals surface area contributed by atoms with E-state index in [4.69, 9.17) is 16.3 Å². The van der Waals surface area contributed by atoms with Gasteiger partial charge in [0.05, 0.1) is 16.6 Å². The highest BCUT2D eigenvalue weighted by molar-refractivity contribution is 9.10. The predicted octanol–water partition coefficient (Wildman–Crippen LogP) is 2.48. The first-order chi connectivity index (χ1) is 7.16. The molecule has 4 nitrogen and oxygen atoms in total. The van der Waals surface area contributed by atoms with Crippen LogP contribution in [0.25, 0.3) is 0 Å². The first-order valence-corrected chi connectivity index (χ1v) is 5.90. The average molecular weight is 293 g/mol. The highest BCUT2D eigenvalue weighted by Gasteiger charge is 2.24. The molecule has 15 heavy (non-hydrogen) atoms. The second-order valence-corrected chi connectivity index (χ2v) is 4.64. The number of ether oxygens (including phenoxy) is 1. The number of halogens is 2. The number of anilines is 1. The molecule has 0 aromatic carbocycles. The van der Waals surface area contributed by atoms with Gasteiger partial charge in [-0.2, -0.15) is 4.98 Å². The molecule has 0 radical (unpaired) electrons. The normalized spacial score (nSPS) is 25.5. The summed E-state index contributed by atoms with van der Waals surface area (Å²) in [6, 6.07) is 0.285. The number of nitrogens with zero attached hydrogens (tertiary/aromatic N) is 2. The van der Waals surface area contributed by atoms with Gasteiger partial charge in [-0.25, -0.2) is 4.98 Å². The minimum atomic E-state index is 0.200. The van der Waals surface area contributed by atoms with Crippen LogP contribution in [-0.4, -0.2) is 28.7 Å². The monoisotopic (exact) mass is 291 g/mol. The maximum Gasteiger partial charge on any atom is 0.224 e. The van der Waals surface area contributed by atoms with Crippen molar-refractivity contribution in [3.8, 4) is 0 Å². The van der Waals surface area contributed by atoms with Gasteiger partial charge in [0.1, 0.15) is 5.82 Å². The quantitative estimate of drug-likeness (QED) is 0.851. The summed E-state index contributed by atoms with van der Waals surface area (Å²) in [6.07, 6.45) is 2.82. The van der Waals surface area contributed by atoms with Gasteiger partial charge in [-0.1, -0.05) is 0 Å². The molecule has 1 aromatic heterocycles. The topological polar surface area (TPSA) is 47.0 Å². The number of rotatable bonds is 2. The van der Waals surface area contributed by atoms with Gasteiger partial charge >= 0.3 is 0 Å². The number of nitrogens with one attached hydrogen (secondary N) is 1. The molecule has 1 aromatic rings. The number of hydrogen-bond acceptors (Lipinski definition) is 4. The van der Waals surface area contributed by atoms with E-state index in [1.54, 1.807) is 6.20 Å².